The van der Waals surface area contributed by atoms with Crippen LogP contribution in [0.2, 0.25) is 0 Å². The first-order chi connectivity index (χ1) is 20.0. The molecule has 3 N–H and O–H groups in total. The molecule has 0 bridgehead atoms. The van der Waals surface area contributed by atoms with Gasteiger partial charge < -0.3 is 24.5 Å². The Hall–Kier alpha value is -4.18. The number of rotatable bonds is 10. The normalized spacial score (nSPS) is 16.1. The van der Waals surface area contributed by atoms with Gasteiger partial charge in [-0.25, -0.2) is 9.37 Å². The van der Waals surface area contributed by atoms with E-state index >= 15 is 0 Å². The number of imidazole rings is 1. The number of H-pyrrole nitrogens is 1. The molecule has 7 rings (SSSR count). The summed E-state index contributed by atoms with van der Waals surface area (Å²) in [4.78, 5) is 20.0. The number of hydrogen-bond acceptors (Lipinski definition) is 5. The molecule has 212 valence electrons. The first kappa shape index (κ1) is 25.8. The first-order valence-corrected chi connectivity index (χ1v) is 14.3. The maximum Gasteiger partial charge on any atom is 0.254 e. The predicted octanol–water partition coefficient (Wildman–Crippen LogP) is 4.24. The summed E-state index contributed by atoms with van der Waals surface area (Å²) in [5, 5.41) is 8.20. The molecule has 10 heteroatoms. The Morgan fingerprint density at radius 3 is 2.88 bits per heavy atom. The summed E-state index contributed by atoms with van der Waals surface area (Å²) in [5.41, 5.74) is 12.3. The van der Waals surface area contributed by atoms with Gasteiger partial charge in [-0.15, -0.1) is 0 Å². The number of carbonyl (C=O) groups excluding carboxylic acids is 1. The average Bonchev–Trinajstić information content (AvgIpc) is 3.35. The molecule has 4 heterocycles. The van der Waals surface area contributed by atoms with Crippen molar-refractivity contribution in [2.24, 2.45) is 18.7 Å². The van der Waals surface area contributed by atoms with Gasteiger partial charge in [0.1, 0.15) is 12.4 Å². The van der Waals surface area contributed by atoms with Crippen LogP contribution in [0.5, 0.6) is 5.75 Å². The van der Waals surface area contributed by atoms with Crippen LogP contribution in [0.4, 0.5) is 4.39 Å². The van der Waals surface area contributed by atoms with E-state index in [0.29, 0.717) is 31.1 Å². The van der Waals surface area contributed by atoms with E-state index in [9.17, 15) is 9.18 Å². The van der Waals surface area contributed by atoms with Crippen LogP contribution in [0.15, 0.2) is 48.7 Å². The smallest absolute Gasteiger partial charge is 0.254 e. The lowest BCUT2D eigenvalue weighted by molar-refractivity contribution is 0.0725. The van der Waals surface area contributed by atoms with E-state index in [1.165, 1.54) is 12.8 Å². The van der Waals surface area contributed by atoms with Gasteiger partial charge in [-0.05, 0) is 61.1 Å². The summed E-state index contributed by atoms with van der Waals surface area (Å²) in [6.45, 7) is 1.54. The van der Waals surface area contributed by atoms with Crippen molar-refractivity contribution in [1.82, 2.24) is 29.2 Å². The second kappa shape index (κ2) is 10.3. The highest BCUT2D eigenvalue weighted by Gasteiger charge is 2.29. The molecule has 9 nitrogen and oxygen atoms in total. The lowest BCUT2D eigenvalue weighted by Gasteiger charge is -2.30. The zero-order chi connectivity index (χ0) is 28.1. The van der Waals surface area contributed by atoms with Crippen molar-refractivity contribution in [2.75, 3.05) is 26.4 Å². The number of nitrogens with one attached hydrogen (secondary N) is 1. The monoisotopic (exact) mass is 555 g/mol. The lowest BCUT2D eigenvalue weighted by Crippen LogP contribution is -2.45. The number of alkyl halides is 1. The van der Waals surface area contributed by atoms with Gasteiger partial charge in [0.05, 0.1) is 40.6 Å². The second-order valence-electron chi connectivity index (χ2n) is 11.3. The molecule has 5 aromatic rings. The molecule has 0 spiro atoms. The standard InChI is InChI=1S/C31H34FN7O2/c1-37-26-13-20-8-11-38(18-22(33)16-32)31(40)24(20)15-25(26)35-30(37)27-14-21-3-2-4-28(29(21)39(27)17-19-5-6-19)41-12-9-23-7-10-34-36-23/h2-4,7,10,13-15,19,22H,5-6,8-9,11-12,16-18,33H2,1H3,(H,34,36)/t22-/m1/s1. The van der Waals surface area contributed by atoms with E-state index < -0.39 is 12.7 Å². The molecule has 1 atom stereocenters. The third-order valence-corrected chi connectivity index (χ3v) is 8.35. The Bertz CT molecular complexity index is 1730. The first-order valence-electron chi connectivity index (χ1n) is 14.3. The number of halogens is 1. The number of aromatic amines is 1. The summed E-state index contributed by atoms with van der Waals surface area (Å²) >= 11 is 0. The van der Waals surface area contributed by atoms with Gasteiger partial charge in [-0.3, -0.25) is 9.89 Å². The number of amides is 1. The molecule has 1 fully saturated rings. The van der Waals surface area contributed by atoms with E-state index in [4.69, 9.17) is 15.5 Å². The van der Waals surface area contributed by atoms with Crippen molar-refractivity contribution in [3.05, 3.63) is 65.5 Å². The number of carbonyl (C=O) groups is 1. The minimum atomic E-state index is -0.668. The number of fused-ring (bicyclic) bond motifs is 3. The summed E-state index contributed by atoms with van der Waals surface area (Å²) in [7, 11) is 2.04. The fourth-order valence-electron chi connectivity index (χ4n) is 5.99. The largest absolute Gasteiger partial charge is 0.491 e. The van der Waals surface area contributed by atoms with Crippen LogP contribution in [0.3, 0.4) is 0 Å². The van der Waals surface area contributed by atoms with Crippen LogP contribution in [-0.4, -0.2) is 67.5 Å². The minimum Gasteiger partial charge on any atom is -0.491 e. The Kier molecular flexibility index (Phi) is 6.50. The number of nitrogens with two attached hydrogens (primary N) is 1. The van der Waals surface area contributed by atoms with Crippen LogP contribution < -0.4 is 10.5 Å². The molecule has 41 heavy (non-hydrogen) atoms. The third-order valence-electron chi connectivity index (χ3n) is 8.35. The number of aryl methyl sites for hydroxylation is 1. The number of nitrogens with zero attached hydrogens (tertiary/aromatic N) is 5. The molecule has 2 aliphatic rings. The SMILES string of the molecule is Cn1c(-c2cc3cccc(OCCc4cc[nH]n4)c3n2CC2CC2)nc2cc3c(cc21)CCN(C[C@H](N)CF)C3=O. The van der Waals surface area contributed by atoms with Crippen molar-refractivity contribution in [3.8, 4) is 17.3 Å². The summed E-state index contributed by atoms with van der Waals surface area (Å²) in [6.07, 6.45) is 5.70. The van der Waals surface area contributed by atoms with E-state index in [0.717, 1.165) is 63.4 Å². The van der Waals surface area contributed by atoms with Crippen LogP contribution in [0.25, 0.3) is 33.5 Å². The molecule has 0 saturated heterocycles. The zero-order valence-electron chi connectivity index (χ0n) is 23.1. The Morgan fingerprint density at radius 1 is 1.22 bits per heavy atom. The van der Waals surface area contributed by atoms with E-state index in [2.05, 4.69) is 37.5 Å². The van der Waals surface area contributed by atoms with Crippen LogP contribution >= 0.6 is 0 Å². The van der Waals surface area contributed by atoms with Crippen molar-refractivity contribution in [1.29, 1.82) is 0 Å². The number of para-hydroxylation sites is 1. The van der Waals surface area contributed by atoms with Crippen molar-refractivity contribution >= 4 is 27.8 Å². The highest BCUT2D eigenvalue weighted by atomic mass is 19.1. The topological polar surface area (TPSA) is 107 Å². The van der Waals surface area contributed by atoms with E-state index in [1.54, 1.807) is 4.90 Å². The third kappa shape index (κ3) is 4.76. The molecule has 0 unspecified atom stereocenters. The maximum absolute atomic E-state index is 13.3. The van der Waals surface area contributed by atoms with Gasteiger partial charge in [0.15, 0.2) is 5.82 Å². The zero-order valence-corrected chi connectivity index (χ0v) is 23.1. The molecule has 1 amide bonds. The number of aromatic nitrogens is 5. The number of ether oxygens (including phenoxy) is 1. The molecule has 3 aromatic heterocycles. The van der Waals surface area contributed by atoms with Crippen LogP contribution in [0, 0.1) is 5.92 Å². The van der Waals surface area contributed by atoms with Crippen molar-refractivity contribution in [2.45, 2.75) is 38.3 Å². The highest BCUT2D eigenvalue weighted by molar-refractivity contribution is 6.01. The predicted molar refractivity (Wildman–Crippen MR) is 156 cm³/mol. The fourth-order valence-corrected chi connectivity index (χ4v) is 5.99. The number of benzene rings is 2. The minimum absolute atomic E-state index is 0.108. The number of hydrogen-bond donors (Lipinski definition) is 2. The Morgan fingerprint density at radius 2 is 2.10 bits per heavy atom. The van der Waals surface area contributed by atoms with Crippen molar-refractivity contribution < 1.29 is 13.9 Å². The average molecular weight is 556 g/mol. The summed E-state index contributed by atoms with van der Waals surface area (Å²) in [5.74, 6) is 2.24. The molecule has 1 aliphatic heterocycles. The van der Waals surface area contributed by atoms with Crippen LogP contribution in [-0.2, 0) is 26.4 Å². The molecule has 0 radical (unpaired) electrons. The van der Waals surface area contributed by atoms with E-state index in [-0.39, 0.29) is 12.5 Å². The molecular weight excluding hydrogens is 521 g/mol. The second-order valence-corrected chi connectivity index (χ2v) is 11.3. The molecule has 1 saturated carbocycles. The van der Waals surface area contributed by atoms with Gasteiger partial charge in [0.25, 0.3) is 5.91 Å². The fraction of sp³-hybridized carbons (Fsp3) is 0.387. The quantitative estimate of drug-likeness (QED) is 0.268. The highest BCUT2D eigenvalue weighted by Crippen LogP contribution is 2.39. The lowest BCUT2D eigenvalue weighted by atomic mass is 9.97. The van der Waals surface area contributed by atoms with Crippen molar-refractivity contribution in [3.63, 3.8) is 0 Å². The van der Waals surface area contributed by atoms with E-state index in [1.807, 2.05) is 37.5 Å². The van der Waals surface area contributed by atoms with Gasteiger partial charge in [-0.2, -0.15) is 5.10 Å². The van der Waals surface area contributed by atoms with Gasteiger partial charge >= 0.3 is 0 Å². The summed E-state index contributed by atoms with van der Waals surface area (Å²) < 4.78 is 23.8. The molecular formula is C31H34FN7O2. The molecule has 1 aliphatic carbocycles. The van der Waals surface area contributed by atoms with Crippen LogP contribution in [0.1, 0.15) is 34.5 Å². The van der Waals surface area contributed by atoms with Gasteiger partial charge in [-0.1, -0.05) is 12.1 Å². The van der Waals surface area contributed by atoms with Gasteiger partial charge in [0, 0.05) is 50.2 Å². The summed E-state index contributed by atoms with van der Waals surface area (Å²) in [6, 6.07) is 13.7. The molecule has 2 aromatic carbocycles. The van der Waals surface area contributed by atoms with Gasteiger partial charge in [0.2, 0.25) is 0 Å². The Balaban J connectivity index is 1.27. The Labute approximate surface area is 237 Å². The maximum atomic E-state index is 13.3.